The number of halogens is 3. The van der Waals surface area contributed by atoms with E-state index in [0.29, 0.717) is 5.75 Å². The number of aryl methyl sites for hydroxylation is 3. The number of rotatable bonds is 6. The van der Waals surface area contributed by atoms with E-state index >= 15 is 0 Å². The summed E-state index contributed by atoms with van der Waals surface area (Å²) in [5.74, 6) is 0.151. The molecule has 0 spiro atoms. The largest absolute Gasteiger partial charge is 0.481 e. The van der Waals surface area contributed by atoms with Gasteiger partial charge in [-0.1, -0.05) is 17.7 Å². The minimum Gasteiger partial charge on any atom is -0.481 e. The van der Waals surface area contributed by atoms with Crippen LogP contribution in [0.1, 0.15) is 43.0 Å². The molecule has 1 atom stereocenters. The first kappa shape index (κ1) is 26.7. The van der Waals surface area contributed by atoms with Crippen molar-refractivity contribution in [2.24, 2.45) is 0 Å². The van der Waals surface area contributed by atoms with Crippen molar-refractivity contribution >= 4 is 16.9 Å². The Hall–Kier alpha value is -2.93. The highest BCUT2D eigenvalue weighted by Gasteiger charge is 2.30. The van der Waals surface area contributed by atoms with Crippen LogP contribution in [0.2, 0.25) is 0 Å². The minimum atomic E-state index is -4.38. The van der Waals surface area contributed by atoms with Crippen LogP contribution in [0.5, 0.6) is 5.75 Å². The van der Waals surface area contributed by atoms with E-state index in [4.69, 9.17) is 9.47 Å². The van der Waals surface area contributed by atoms with Crippen molar-refractivity contribution in [1.82, 2.24) is 0 Å². The van der Waals surface area contributed by atoms with E-state index in [1.807, 2.05) is 57.2 Å². The van der Waals surface area contributed by atoms with Crippen LogP contribution in [-0.2, 0) is 15.7 Å². The molecular formula is C28H31F3O3S. The molecule has 3 rings (SSSR count). The summed E-state index contributed by atoms with van der Waals surface area (Å²) in [6.45, 7) is 11.0. The summed E-state index contributed by atoms with van der Waals surface area (Å²) < 4.78 is 50.5. The van der Waals surface area contributed by atoms with Gasteiger partial charge in [0.05, 0.1) is 5.56 Å². The summed E-state index contributed by atoms with van der Waals surface area (Å²) in [4.78, 5) is 14.9. The summed E-state index contributed by atoms with van der Waals surface area (Å²) in [5.41, 5.74) is 1.53. The van der Waals surface area contributed by atoms with Gasteiger partial charge in [0, 0.05) is 0 Å². The number of carbonyl (C=O) groups is 1. The second kappa shape index (κ2) is 10.4. The molecule has 3 nitrogen and oxygen atoms in total. The molecule has 0 aromatic heterocycles. The monoisotopic (exact) mass is 504 g/mol. The fourth-order valence-electron chi connectivity index (χ4n) is 3.73. The molecule has 0 N–H and O–H groups in total. The van der Waals surface area contributed by atoms with Gasteiger partial charge in [-0.25, -0.2) is 4.79 Å². The maximum atomic E-state index is 13.1. The van der Waals surface area contributed by atoms with E-state index in [1.165, 1.54) is 0 Å². The predicted molar refractivity (Wildman–Crippen MR) is 134 cm³/mol. The van der Waals surface area contributed by atoms with E-state index in [-0.39, 0.29) is 6.61 Å². The first-order valence-electron chi connectivity index (χ1n) is 11.2. The number of ether oxygens (including phenoxy) is 2. The van der Waals surface area contributed by atoms with E-state index in [2.05, 4.69) is 0 Å². The molecular weight excluding hydrogens is 473 g/mol. The second-order valence-electron chi connectivity index (χ2n) is 9.50. The molecule has 3 aromatic rings. The zero-order valence-corrected chi connectivity index (χ0v) is 21.7. The smallest absolute Gasteiger partial charge is 0.416 e. The molecule has 0 heterocycles. The van der Waals surface area contributed by atoms with Crippen LogP contribution in [0.3, 0.4) is 0 Å². The van der Waals surface area contributed by atoms with Gasteiger partial charge in [-0.3, -0.25) is 0 Å². The molecule has 0 aliphatic carbocycles. The zero-order chi connectivity index (χ0) is 26.0. The van der Waals surface area contributed by atoms with Gasteiger partial charge >= 0.3 is 12.1 Å². The standard InChI is InChI=1S/C28H31F3O3S/c1-18-7-11-22(12-8-18)35(23-13-9-21(10-14-23)28(29,30)31)24-15-19(2)26(20(3)16-24)33-17-25(32)34-27(4,5)6/h7-16,35H,17H2,1-6H3. The van der Waals surface area contributed by atoms with Crippen molar-refractivity contribution in [3.05, 3.63) is 82.9 Å². The summed E-state index contributed by atoms with van der Waals surface area (Å²) in [7, 11) is -1.11. The van der Waals surface area contributed by atoms with Crippen molar-refractivity contribution in [2.45, 2.75) is 68.0 Å². The molecule has 0 radical (unpaired) electrons. The lowest BCUT2D eigenvalue weighted by atomic mass is 10.1. The Morgan fingerprint density at radius 1 is 0.800 bits per heavy atom. The van der Waals surface area contributed by atoms with Gasteiger partial charge in [0.2, 0.25) is 0 Å². The second-order valence-corrected chi connectivity index (χ2v) is 11.7. The fraction of sp³-hybridized carbons (Fsp3) is 0.321. The Morgan fingerprint density at radius 2 is 1.29 bits per heavy atom. The van der Waals surface area contributed by atoms with Crippen LogP contribution in [0.15, 0.2) is 75.4 Å². The summed E-state index contributed by atoms with van der Waals surface area (Å²) in [6.07, 6.45) is -4.38. The van der Waals surface area contributed by atoms with Crippen molar-refractivity contribution in [3.8, 4) is 5.75 Å². The molecule has 0 bridgehead atoms. The number of alkyl halides is 3. The number of hydrogen-bond acceptors (Lipinski definition) is 3. The molecule has 3 aromatic carbocycles. The first-order valence-corrected chi connectivity index (χ1v) is 12.6. The van der Waals surface area contributed by atoms with Crippen LogP contribution in [0.4, 0.5) is 13.2 Å². The Bertz CT molecular complexity index is 1160. The summed E-state index contributed by atoms with van der Waals surface area (Å²) >= 11 is 0. The van der Waals surface area contributed by atoms with Crippen molar-refractivity contribution in [2.75, 3.05) is 6.61 Å². The van der Waals surface area contributed by atoms with E-state index < -0.39 is 34.2 Å². The normalized spacial score (nSPS) is 13.3. The third-order valence-corrected chi connectivity index (χ3v) is 7.61. The Labute approximate surface area is 207 Å². The Morgan fingerprint density at radius 3 is 1.74 bits per heavy atom. The quantitative estimate of drug-likeness (QED) is 0.274. The van der Waals surface area contributed by atoms with Crippen LogP contribution in [0, 0.1) is 20.8 Å². The van der Waals surface area contributed by atoms with Crippen LogP contribution in [0.25, 0.3) is 0 Å². The third-order valence-electron chi connectivity index (χ3n) is 5.20. The lowest BCUT2D eigenvalue weighted by Gasteiger charge is -2.26. The number of benzene rings is 3. The van der Waals surface area contributed by atoms with Gasteiger partial charge in [-0.05, 0) is 116 Å². The summed E-state index contributed by atoms with van der Waals surface area (Å²) in [6, 6.07) is 17.4. The van der Waals surface area contributed by atoms with E-state index in [0.717, 1.165) is 43.5 Å². The van der Waals surface area contributed by atoms with Gasteiger partial charge in [0.1, 0.15) is 11.4 Å². The topological polar surface area (TPSA) is 35.5 Å². The van der Waals surface area contributed by atoms with Crippen LogP contribution in [-0.4, -0.2) is 18.2 Å². The zero-order valence-electron chi connectivity index (χ0n) is 20.8. The van der Waals surface area contributed by atoms with Crippen molar-refractivity contribution < 1.29 is 27.4 Å². The van der Waals surface area contributed by atoms with Crippen LogP contribution >= 0.6 is 10.9 Å². The van der Waals surface area contributed by atoms with Gasteiger partial charge in [-0.15, -0.1) is 0 Å². The molecule has 0 amide bonds. The van der Waals surface area contributed by atoms with Crippen molar-refractivity contribution in [1.29, 1.82) is 0 Å². The molecule has 7 heteroatoms. The lowest BCUT2D eigenvalue weighted by Crippen LogP contribution is -2.27. The van der Waals surface area contributed by atoms with Gasteiger partial charge < -0.3 is 9.47 Å². The molecule has 0 saturated carbocycles. The van der Waals surface area contributed by atoms with Crippen LogP contribution < -0.4 is 4.74 Å². The SMILES string of the molecule is Cc1ccc([SH](c2ccc(C(F)(F)F)cc2)c2cc(C)c(OCC(=O)OC(C)(C)C)c(C)c2)cc1. The third kappa shape index (κ3) is 7.04. The number of hydrogen-bond donors (Lipinski definition) is 1. The average molecular weight is 505 g/mol. The molecule has 0 saturated heterocycles. The number of carbonyl (C=O) groups excluding carboxylic acids is 1. The highest BCUT2D eigenvalue weighted by molar-refractivity contribution is 8.17. The maximum absolute atomic E-state index is 13.1. The van der Waals surface area contributed by atoms with Crippen molar-refractivity contribution in [3.63, 3.8) is 0 Å². The van der Waals surface area contributed by atoms with Gasteiger partial charge in [-0.2, -0.15) is 24.1 Å². The first-order chi connectivity index (χ1) is 16.2. The highest BCUT2D eigenvalue weighted by atomic mass is 32.2. The molecule has 35 heavy (non-hydrogen) atoms. The Kier molecular flexibility index (Phi) is 7.90. The highest BCUT2D eigenvalue weighted by Crippen LogP contribution is 2.53. The molecule has 1 unspecified atom stereocenters. The van der Waals surface area contributed by atoms with Gasteiger partial charge in [0.25, 0.3) is 0 Å². The lowest BCUT2D eigenvalue weighted by molar-refractivity contribution is -0.157. The predicted octanol–water partition coefficient (Wildman–Crippen LogP) is 7.83. The average Bonchev–Trinajstić information content (AvgIpc) is 2.73. The Balaban J connectivity index is 1.98. The van der Waals surface area contributed by atoms with E-state index in [9.17, 15) is 18.0 Å². The minimum absolute atomic E-state index is 0.204. The summed E-state index contributed by atoms with van der Waals surface area (Å²) in [5, 5.41) is 0. The molecule has 188 valence electrons. The molecule has 0 aliphatic heterocycles. The number of thiol groups is 1. The molecule has 0 fully saturated rings. The van der Waals surface area contributed by atoms with E-state index in [1.54, 1.807) is 32.9 Å². The van der Waals surface area contributed by atoms with Gasteiger partial charge in [0.15, 0.2) is 6.61 Å². The fourth-order valence-corrected chi connectivity index (χ4v) is 6.16. The number of esters is 1. The maximum Gasteiger partial charge on any atom is 0.416 e. The molecule has 0 aliphatic rings.